The van der Waals surface area contributed by atoms with E-state index in [4.69, 9.17) is 10.00 Å². The molecule has 0 unspecified atom stereocenters. The van der Waals surface area contributed by atoms with E-state index in [1.54, 1.807) is 18.9 Å². The predicted octanol–water partition coefficient (Wildman–Crippen LogP) is 2.69. The van der Waals surface area contributed by atoms with Gasteiger partial charge in [-0.2, -0.15) is 5.26 Å². The van der Waals surface area contributed by atoms with Gasteiger partial charge in [-0.15, -0.1) is 11.8 Å². The standard InChI is InChI=1S/C11H13NOS/c1-13-6-3-7-14-11-5-2-4-10(8-11)9-12/h2,4-5,8H,3,6-7H2,1H3. The number of methoxy groups -OCH3 is 1. The Morgan fingerprint density at radius 3 is 3.07 bits per heavy atom. The first-order valence-electron chi connectivity index (χ1n) is 4.48. The molecule has 2 nitrogen and oxygen atoms in total. The number of thioether (sulfide) groups is 1. The van der Waals surface area contributed by atoms with E-state index in [1.165, 1.54) is 0 Å². The lowest BCUT2D eigenvalue weighted by molar-refractivity contribution is 0.200. The van der Waals surface area contributed by atoms with Crippen LogP contribution in [0.3, 0.4) is 0 Å². The summed E-state index contributed by atoms with van der Waals surface area (Å²) in [7, 11) is 1.71. The zero-order chi connectivity index (χ0) is 10.2. The van der Waals surface area contributed by atoms with Crippen LogP contribution >= 0.6 is 11.8 Å². The van der Waals surface area contributed by atoms with Gasteiger partial charge in [0.15, 0.2) is 0 Å². The molecule has 1 aromatic rings. The van der Waals surface area contributed by atoms with Gasteiger partial charge in [0, 0.05) is 24.4 Å². The highest BCUT2D eigenvalue weighted by Crippen LogP contribution is 2.19. The van der Waals surface area contributed by atoms with Gasteiger partial charge >= 0.3 is 0 Å². The van der Waals surface area contributed by atoms with Crippen LogP contribution < -0.4 is 0 Å². The first kappa shape index (κ1) is 11.1. The Morgan fingerprint density at radius 1 is 1.50 bits per heavy atom. The molecule has 0 heterocycles. The molecule has 14 heavy (non-hydrogen) atoms. The smallest absolute Gasteiger partial charge is 0.0992 e. The molecule has 3 heteroatoms. The molecular formula is C11H13NOS. The highest BCUT2D eigenvalue weighted by atomic mass is 32.2. The molecule has 0 atom stereocenters. The molecular weight excluding hydrogens is 194 g/mol. The minimum absolute atomic E-state index is 0.724. The van der Waals surface area contributed by atoms with Crippen LogP contribution in [0.25, 0.3) is 0 Å². The Kier molecular flexibility index (Phi) is 5.13. The number of benzene rings is 1. The molecule has 1 aromatic carbocycles. The third-order valence-electron chi connectivity index (χ3n) is 1.72. The minimum atomic E-state index is 0.724. The quantitative estimate of drug-likeness (QED) is 0.549. The highest BCUT2D eigenvalue weighted by Gasteiger charge is 1.95. The third kappa shape index (κ3) is 3.82. The molecule has 0 N–H and O–H groups in total. The van der Waals surface area contributed by atoms with Crippen LogP contribution in [0.2, 0.25) is 0 Å². The summed E-state index contributed by atoms with van der Waals surface area (Å²) in [5.74, 6) is 1.03. The summed E-state index contributed by atoms with van der Waals surface area (Å²) < 4.78 is 4.96. The Hall–Kier alpha value is -0.980. The summed E-state index contributed by atoms with van der Waals surface area (Å²) in [4.78, 5) is 1.15. The first-order valence-corrected chi connectivity index (χ1v) is 5.47. The van der Waals surface area contributed by atoms with E-state index in [0.717, 1.165) is 29.2 Å². The van der Waals surface area contributed by atoms with Crippen LogP contribution in [0, 0.1) is 11.3 Å². The van der Waals surface area contributed by atoms with Crippen molar-refractivity contribution in [1.29, 1.82) is 5.26 Å². The molecule has 0 aliphatic carbocycles. The lowest BCUT2D eigenvalue weighted by Gasteiger charge is -2.01. The molecule has 0 aliphatic heterocycles. The maximum absolute atomic E-state index is 8.69. The summed E-state index contributed by atoms with van der Waals surface area (Å²) in [5.41, 5.74) is 0.724. The van der Waals surface area contributed by atoms with Crippen LogP contribution in [-0.2, 0) is 4.74 Å². The summed E-state index contributed by atoms with van der Waals surface area (Å²) in [6, 6.07) is 9.80. The van der Waals surface area contributed by atoms with Crippen LogP contribution in [0.15, 0.2) is 29.2 Å². The molecule has 0 aromatic heterocycles. The maximum atomic E-state index is 8.69. The van der Waals surface area contributed by atoms with Gasteiger partial charge in [0.2, 0.25) is 0 Å². The fraction of sp³-hybridized carbons (Fsp3) is 0.364. The molecule has 1 rings (SSSR count). The lowest BCUT2D eigenvalue weighted by atomic mass is 10.2. The second-order valence-corrected chi connectivity index (χ2v) is 4.00. The number of nitrogens with zero attached hydrogens (tertiary/aromatic N) is 1. The Labute approximate surface area is 88.9 Å². The Morgan fingerprint density at radius 2 is 2.36 bits per heavy atom. The summed E-state index contributed by atoms with van der Waals surface area (Å²) in [6.07, 6.45) is 1.04. The normalized spacial score (nSPS) is 9.71. The molecule has 0 radical (unpaired) electrons. The van der Waals surface area contributed by atoms with Crippen molar-refractivity contribution in [2.24, 2.45) is 0 Å². The van der Waals surface area contributed by atoms with E-state index >= 15 is 0 Å². The molecule has 0 aliphatic rings. The van der Waals surface area contributed by atoms with Crippen molar-refractivity contribution in [1.82, 2.24) is 0 Å². The largest absolute Gasteiger partial charge is 0.385 e. The van der Waals surface area contributed by atoms with Gasteiger partial charge in [-0.1, -0.05) is 6.07 Å². The van der Waals surface area contributed by atoms with E-state index < -0.39 is 0 Å². The summed E-state index contributed by atoms with van der Waals surface area (Å²) in [6.45, 7) is 0.797. The minimum Gasteiger partial charge on any atom is -0.385 e. The van der Waals surface area contributed by atoms with Gasteiger partial charge < -0.3 is 4.74 Å². The van der Waals surface area contributed by atoms with Crippen molar-refractivity contribution in [3.05, 3.63) is 29.8 Å². The van der Waals surface area contributed by atoms with Crippen molar-refractivity contribution in [3.63, 3.8) is 0 Å². The highest BCUT2D eigenvalue weighted by molar-refractivity contribution is 7.99. The van der Waals surface area contributed by atoms with Crippen molar-refractivity contribution < 1.29 is 4.74 Å². The van der Waals surface area contributed by atoms with Crippen molar-refractivity contribution in [3.8, 4) is 6.07 Å². The van der Waals surface area contributed by atoms with E-state index in [9.17, 15) is 0 Å². The summed E-state index contributed by atoms with van der Waals surface area (Å²) in [5, 5.41) is 8.69. The Balaban J connectivity index is 2.39. The number of ether oxygens (including phenoxy) is 1. The average molecular weight is 207 g/mol. The molecule has 0 saturated heterocycles. The second-order valence-electron chi connectivity index (χ2n) is 2.83. The second kappa shape index (κ2) is 6.47. The molecule has 0 fully saturated rings. The van der Waals surface area contributed by atoms with Crippen molar-refractivity contribution in [2.45, 2.75) is 11.3 Å². The molecule has 74 valence electrons. The van der Waals surface area contributed by atoms with Gasteiger partial charge in [0.05, 0.1) is 11.6 Å². The van der Waals surface area contributed by atoms with Crippen LogP contribution in [0.4, 0.5) is 0 Å². The van der Waals surface area contributed by atoms with Gasteiger partial charge in [-0.05, 0) is 24.6 Å². The fourth-order valence-electron chi connectivity index (χ4n) is 1.05. The molecule has 0 bridgehead atoms. The number of hydrogen-bond acceptors (Lipinski definition) is 3. The molecule has 0 saturated carbocycles. The maximum Gasteiger partial charge on any atom is 0.0992 e. The van der Waals surface area contributed by atoms with E-state index in [1.807, 2.05) is 24.3 Å². The average Bonchev–Trinajstić information content (AvgIpc) is 2.25. The van der Waals surface area contributed by atoms with Crippen LogP contribution in [0.5, 0.6) is 0 Å². The lowest BCUT2D eigenvalue weighted by Crippen LogP contribution is -1.90. The van der Waals surface area contributed by atoms with Gasteiger partial charge in [-0.3, -0.25) is 0 Å². The van der Waals surface area contributed by atoms with Gasteiger partial charge in [0.25, 0.3) is 0 Å². The van der Waals surface area contributed by atoms with E-state index in [-0.39, 0.29) is 0 Å². The SMILES string of the molecule is COCCCSc1cccc(C#N)c1. The number of rotatable bonds is 5. The van der Waals surface area contributed by atoms with Crippen LogP contribution in [0.1, 0.15) is 12.0 Å². The zero-order valence-electron chi connectivity index (χ0n) is 8.19. The predicted molar refractivity (Wildman–Crippen MR) is 58.4 cm³/mol. The van der Waals surface area contributed by atoms with Gasteiger partial charge in [-0.25, -0.2) is 0 Å². The number of nitriles is 1. The summed E-state index contributed by atoms with van der Waals surface area (Å²) >= 11 is 1.76. The topological polar surface area (TPSA) is 33.0 Å². The first-order chi connectivity index (χ1) is 6.86. The van der Waals surface area contributed by atoms with Gasteiger partial charge in [0.1, 0.15) is 0 Å². The van der Waals surface area contributed by atoms with Crippen molar-refractivity contribution in [2.75, 3.05) is 19.5 Å². The monoisotopic (exact) mass is 207 g/mol. The molecule has 0 amide bonds. The van der Waals surface area contributed by atoms with Crippen LogP contribution in [-0.4, -0.2) is 19.5 Å². The van der Waals surface area contributed by atoms with Crippen molar-refractivity contribution >= 4 is 11.8 Å². The van der Waals surface area contributed by atoms with E-state index in [0.29, 0.717) is 0 Å². The zero-order valence-corrected chi connectivity index (χ0v) is 9.01. The third-order valence-corrected chi connectivity index (χ3v) is 2.80. The molecule has 0 spiro atoms. The fourth-order valence-corrected chi connectivity index (χ4v) is 1.93. The number of hydrogen-bond donors (Lipinski definition) is 0. The Bertz CT molecular complexity index is 319. The van der Waals surface area contributed by atoms with E-state index in [2.05, 4.69) is 6.07 Å².